The minimum atomic E-state index is 0.0589. The number of nitrogens with zero attached hydrogens (tertiary/aromatic N) is 1. The average Bonchev–Trinajstić information content (AvgIpc) is 2.41. The zero-order valence-electron chi connectivity index (χ0n) is 13.4. The summed E-state index contributed by atoms with van der Waals surface area (Å²) >= 11 is 6.38. The monoisotopic (exact) mass is 314 g/mol. The summed E-state index contributed by atoms with van der Waals surface area (Å²) in [6, 6.07) is 6.02. The number of aliphatic hydroxyl groups is 1. The van der Waals surface area contributed by atoms with Crippen molar-refractivity contribution in [2.75, 3.05) is 38.3 Å². The molecule has 1 aromatic carbocycles. The fourth-order valence-corrected chi connectivity index (χ4v) is 2.17. The summed E-state index contributed by atoms with van der Waals surface area (Å²) in [4.78, 5) is 2.07. The van der Waals surface area contributed by atoms with Gasteiger partial charge in [0.1, 0.15) is 0 Å². The fourth-order valence-electron chi connectivity index (χ4n) is 1.93. The van der Waals surface area contributed by atoms with Gasteiger partial charge in [-0.3, -0.25) is 0 Å². The van der Waals surface area contributed by atoms with Crippen LogP contribution < -0.4 is 10.2 Å². The van der Waals surface area contributed by atoms with Gasteiger partial charge in [-0.25, -0.2) is 0 Å². The standard InChI is InChI=1S/C16H27ClN2O2/c1-16(2,3)18-12-13-5-6-14(11-15(13)17)19(7-9-20)8-10-21-4/h5-6,11,18,20H,7-10,12H2,1-4H3. The number of hydrogen-bond donors (Lipinski definition) is 2. The van der Waals surface area contributed by atoms with Crippen molar-refractivity contribution in [3.05, 3.63) is 28.8 Å². The molecule has 1 rings (SSSR count). The zero-order valence-corrected chi connectivity index (χ0v) is 14.2. The summed E-state index contributed by atoms with van der Waals surface area (Å²) in [6.07, 6.45) is 0. The molecular weight excluding hydrogens is 288 g/mol. The highest BCUT2D eigenvalue weighted by Crippen LogP contribution is 2.24. The van der Waals surface area contributed by atoms with Gasteiger partial charge in [-0.15, -0.1) is 0 Å². The van der Waals surface area contributed by atoms with Crippen LogP contribution in [0.25, 0.3) is 0 Å². The maximum atomic E-state index is 9.17. The molecule has 0 saturated heterocycles. The van der Waals surface area contributed by atoms with Crippen molar-refractivity contribution >= 4 is 17.3 Å². The van der Waals surface area contributed by atoms with E-state index in [1.54, 1.807) is 7.11 Å². The van der Waals surface area contributed by atoms with E-state index < -0.39 is 0 Å². The first kappa shape index (κ1) is 18.2. The van der Waals surface area contributed by atoms with Crippen LogP contribution in [0.4, 0.5) is 5.69 Å². The van der Waals surface area contributed by atoms with E-state index in [1.807, 2.05) is 18.2 Å². The lowest BCUT2D eigenvalue weighted by Crippen LogP contribution is -2.35. The molecule has 0 aromatic heterocycles. The van der Waals surface area contributed by atoms with Crippen molar-refractivity contribution in [2.24, 2.45) is 0 Å². The number of rotatable bonds is 8. The van der Waals surface area contributed by atoms with Gasteiger partial charge in [0.2, 0.25) is 0 Å². The second-order valence-corrected chi connectivity index (χ2v) is 6.49. The van der Waals surface area contributed by atoms with Crippen LogP contribution in [0.1, 0.15) is 26.3 Å². The molecule has 0 bridgehead atoms. The zero-order chi connectivity index (χ0) is 15.9. The Balaban J connectivity index is 2.78. The first-order valence-electron chi connectivity index (χ1n) is 7.25. The molecule has 0 unspecified atom stereocenters. The molecule has 0 saturated carbocycles. The first-order valence-corrected chi connectivity index (χ1v) is 7.63. The smallest absolute Gasteiger partial charge is 0.0637 e. The molecule has 4 nitrogen and oxygen atoms in total. The SMILES string of the molecule is COCCN(CCO)c1ccc(CNC(C)(C)C)c(Cl)c1. The lowest BCUT2D eigenvalue weighted by atomic mass is 10.1. The van der Waals surface area contributed by atoms with E-state index in [0.717, 1.165) is 29.4 Å². The third kappa shape index (κ3) is 6.66. The van der Waals surface area contributed by atoms with Crippen LogP contribution in [0.5, 0.6) is 0 Å². The van der Waals surface area contributed by atoms with Crippen LogP contribution in [0.3, 0.4) is 0 Å². The average molecular weight is 315 g/mol. The van der Waals surface area contributed by atoms with E-state index in [-0.39, 0.29) is 12.1 Å². The first-order chi connectivity index (χ1) is 9.87. The molecule has 0 atom stereocenters. The molecule has 21 heavy (non-hydrogen) atoms. The number of aliphatic hydroxyl groups excluding tert-OH is 1. The Bertz CT molecular complexity index is 433. The number of benzene rings is 1. The molecule has 1 aromatic rings. The Morgan fingerprint density at radius 1 is 1.29 bits per heavy atom. The number of methoxy groups -OCH3 is 1. The molecular formula is C16H27ClN2O2. The largest absolute Gasteiger partial charge is 0.395 e. The summed E-state index contributed by atoms with van der Waals surface area (Å²) < 4.78 is 5.10. The van der Waals surface area contributed by atoms with Crippen molar-refractivity contribution in [3.8, 4) is 0 Å². The highest BCUT2D eigenvalue weighted by atomic mass is 35.5. The van der Waals surface area contributed by atoms with Gasteiger partial charge in [-0.1, -0.05) is 17.7 Å². The van der Waals surface area contributed by atoms with Gasteiger partial charge in [-0.2, -0.15) is 0 Å². The molecule has 0 heterocycles. The maximum absolute atomic E-state index is 9.17. The van der Waals surface area contributed by atoms with Crippen LogP contribution in [-0.4, -0.2) is 44.1 Å². The Kier molecular flexibility index (Phi) is 7.46. The van der Waals surface area contributed by atoms with E-state index in [1.165, 1.54) is 0 Å². The van der Waals surface area contributed by atoms with E-state index in [2.05, 4.69) is 31.0 Å². The Labute approximate surface area is 133 Å². The molecule has 5 heteroatoms. The summed E-state index contributed by atoms with van der Waals surface area (Å²) in [6.45, 7) is 9.14. The van der Waals surface area contributed by atoms with Crippen LogP contribution >= 0.6 is 11.6 Å². The Hall–Kier alpha value is -0.810. The van der Waals surface area contributed by atoms with Gasteiger partial charge in [0, 0.05) is 43.0 Å². The summed E-state index contributed by atoms with van der Waals surface area (Å²) in [5.74, 6) is 0. The normalized spacial score (nSPS) is 11.7. The molecule has 0 spiro atoms. The topological polar surface area (TPSA) is 44.7 Å². The third-order valence-corrected chi connectivity index (χ3v) is 3.50. The number of hydrogen-bond acceptors (Lipinski definition) is 4. The van der Waals surface area contributed by atoms with Gasteiger partial charge >= 0.3 is 0 Å². The lowest BCUT2D eigenvalue weighted by molar-refractivity contribution is 0.203. The molecule has 0 aliphatic heterocycles. The van der Waals surface area contributed by atoms with E-state index >= 15 is 0 Å². The summed E-state index contributed by atoms with van der Waals surface area (Å²) in [5, 5.41) is 13.3. The third-order valence-electron chi connectivity index (χ3n) is 3.15. The number of anilines is 1. The number of nitrogens with one attached hydrogen (secondary N) is 1. The van der Waals surface area contributed by atoms with Crippen LogP contribution in [0.2, 0.25) is 5.02 Å². The maximum Gasteiger partial charge on any atom is 0.0637 e. The van der Waals surface area contributed by atoms with Crippen molar-refractivity contribution in [1.82, 2.24) is 5.32 Å². The minimum absolute atomic E-state index is 0.0589. The van der Waals surface area contributed by atoms with Crippen molar-refractivity contribution in [2.45, 2.75) is 32.9 Å². The van der Waals surface area contributed by atoms with Gasteiger partial charge in [0.15, 0.2) is 0 Å². The predicted molar refractivity (Wildman–Crippen MR) is 89.2 cm³/mol. The molecule has 0 amide bonds. The van der Waals surface area contributed by atoms with Gasteiger partial charge in [0.05, 0.1) is 13.2 Å². The highest BCUT2D eigenvalue weighted by Gasteiger charge is 2.12. The predicted octanol–water partition coefficient (Wildman–Crippen LogP) is 2.67. The van der Waals surface area contributed by atoms with Gasteiger partial charge in [0.25, 0.3) is 0 Å². The second-order valence-electron chi connectivity index (χ2n) is 6.08. The highest BCUT2D eigenvalue weighted by molar-refractivity contribution is 6.31. The molecule has 0 aliphatic rings. The van der Waals surface area contributed by atoms with Crippen LogP contribution in [-0.2, 0) is 11.3 Å². The van der Waals surface area contributed by atoms with Gasteiger partial charge < -0.3 is 20.1 Å². The fraction of sp³-hybridized carbons (Fsp3) is 0.625. The Morgan fingerprint density at radius 2 is 2.00 bits per heavy atom. The second kappa shape index (κ2) is 8.59. The van der Waals surface area contributed by atoms with E-state index in [9.17, 15) is 0 Å². The van der Waals surface area contributed by atoms with Crippen molar-refractivity contribution in [1.29, 1.82) is 0 Å². The summed E-state index contributed by atoms with van der Waals surface area (Å²) in [7, 11) is 1.67. The number of halogens is 1. The van der Waals surface area contributed by atoms with Crippen LogP contribution in [0, 0.1) is 0 Å². The molecule has 0 radical (unpaired) electrons. The summed E-state index contributed by atoms with van der Waals surface area (Å²) in [5.41, 5.74) is 2.14. The minimum Gasteiger partial charge on any atom is -0.395 e. The van der Waals surface area contributed by atoms with Crippen LogP contribution in [0.15, 0.2) is 18.2 Å². The molecule has 120 valence electrons. The van der Waals surface area contributed by atoms with Crippen molar-refractivity contribution in [3.63, 3.8) is 0 Å². The van der Waals surface area contributed by atoms with E-state index in [4.69, 9.17) is 21.4 Å². The van der Waals surface area contributed by atoms with Gasteiger partial charge in [-0.05, 0) is 38.5 Å². The number of ether oxygens (including phenoxy) is 1. The Morgan fingerprint density at radius 3 is 2.52 bits per heavy atom. The molecule has 2 N–H and O–H groups in total. The van der Waals surface area contributed by atoms with Crippen molar-refractivity contribution < 1.29 is 9.84 Å². The van der Waals surface area contributed by atoms with E-state index in [0.29, 0.717) is 13.2 Å². The molecule has 0 aliphatic carbocycles. The lowest BCUT2D eigenvalue weighted by Gasteiger charge is -2.25. The molecule has 0 fully saturated rings. The quantitative estimate of drug-likeness (QED) is 0.774.